The molecule has 3 heteroatoms. The van der Waals surface area contributed by atoms with E-state index < -0.39 is 0 Å². The summed E-state index contributed by atoms with van der Waals surface area (Å²) in [6, 6.07) is 6.27. The monoisotopic (exact) mass is 291 g/mol. The van der Waals surface area contributed by atoms with Crippen molar-refractivity contribution in [2.75, 3.05) is 14.2 Å². The topological polar surface area (TPSA) is 30.5 Å². The van der Waals surface area contributed by atoms with Gasteiger partial charge in [0.05, 0.1) is 18.8 Å². The Bertz CT molecular complexity index is 460. The molecule has 1 aliphatic rings. The van der Waals surface area contributed by atoms with Crippen LogP contribution in [-0.4, -0.2) is 20.3 Å². The van der Waals surface area contributed by atoms with Gasteiger partial charge in [-0.05, 0) is 57.2 Å². The van der Waals surface area contributed by atoms with Gasteiger partial charge in [0.2, 0.25) is 0 Å². The van der Waals surface area contributed by atoms with Crippen LogP contribution >= 0.6 is 0 Å². The maximum atomic E-state index is 6.33. The average molecular weight is 291 g/mol. The summed E-state index contributed by atoms with van der Waals surface area (Å²) in [6.45, 7) is 6.83. The van der Waals surface area contributed by atoms with Crippen LogP contribution < -0.4 is 14.8 Å². The van der Waals surface area contributed by atoms with Crippen LogP contribution in [-0.2, 0) is 0 Å². The summed E-state index contributed by atoms with van der Waals surface area (Å²) in [5.41, 5.74) is 1.59. The maximum Gasteiger partial charge on any atom is 0.128 e. The van der Waals surface area contributed by atoms with Crippen molar-refractivity contribution in [1.29, 1.82) is 0 Å². The lowest BCUT2D eigenvalue weighted by Crippen LogP contribution is -2.29. The molecule has 1 saturated carbocycles. The zero-order chi connectivity index (χ0) is 15.5. The van der Waals surface area contributed by atoms with Crippen LogP contribution in [0.1, 0.15) is 58.1 Å². The van der Waals surface area contributed by atoms with Gasteiger partial charge in [0.1, 0.15) is 11.5 Å². The van der Waals surface area contributed by atoms with Crippen molar-refractivity contribution in [3.05, 3.63) is 23.8 Å². The summed E-state index contributed by atoms with van der Waals surface area (Å²) in [7, 11) is 3.68. The first kappa shape index (κ1) is 16.2. The number of benzene rings is 1. The average Bonchev–Trinajstić information content (AvgIpc) is 2.48. The molecule has 1 unspecified atom stereocenters. The molecule has 0 amide bonds. The predicted octanol–water partition coefficient (Wildman–Crippen LogP) is 4.32. The summed E-state index contributed by atoms with van der Waals surface area (Å²) in [5, 5.41) is 3.29. The largest absolute Gasteiger partial charge is 0.496 e. The van der Waals surface area contributed by atoms with Gasteiger partial charge in [-0.2, -0.15) is 0 Å². The van der Waals surface area contributed by atoms with Crippen molar-refractivity contribution >= 4 is 0 Å². The highest BCUT2D eigenvalue weighted by Gasteiger charge is 2.28. The highest BCUT2D eigenvalue weighted by atomic mass is 16.5. The zero-order valence-electron chi connectivity index (χ0n) is 14.0. The first-order valence-corrected chi connectivity index (χ1v) is 7.97. The summed E-state index contributed by atoms with van der Waals surface area (Å²) in [5.74, 6) is 1.85. The molecule has 2 rings (SSSR count). The van der Waals surface area contributed by atoms with Crippen LogP contribution in [0.15, 0.2) is 18.2 Å². The first-order chi connectivity index (χ1) is 9.96. The molecule has 21 heavy (non-hydrogen) atoms. The smallest absolute Gasteiger partial charge is 0.128 e. The third-order valence-corrected chi connectivity index (χ3v) is 4.69. The fourth-order valence-electron chi connectivity index (χ4n) is 3.05. The molecular formula is C18H29NO2. The van der Waals surface area contributed by atoms with Gasteiger partial charge in [0, 0.05) is 6.04 Å². The van der Waals surface area contributed by atoms with Crippen molar-refractivity contribution in [1.82, 2.24) is 5.32 Å². The standard InChI is InChI=1S/C18H29NO2/c1-13(19-4)17-15(20-5)7-6-8-16(17)21-14-9-11-18(2,3)12-10-14/h6-8,13-14,19H,9-12H2,1-5H3. The van der Waals surface area contributed by atoms with Gasteiger partial charge < -0.3 is 14.8 Å². The van der Waals surface area contributed by atoms with Gasteiger partial charge in [0.15, 0.2) is 0 Å². The summed E-state index contributed by atoms with van der Waals surface area (Å²) >= 11 is 0. The Kier molecular flexibility index (Phi) is 5.15. The molecule has 1 aromatic rings. The van der Waals surface area contributed by atoms with E-state index in [1.807, 2.05) is 19.2 Å². The van der Waals surface area contributed by atoms with Gasteiger partial charge in [-0.25, -0.2) is 0 Å². The van der Waals surface area contributed by atoms with Gasteiger partial charge in [-0.3, -0.25) is 0 Å². The predicted molar refractivity (Wildman–Crippen MR) is 87.1 cm³/mol. The quantitative estimate of drug-likeness (QED) is 0.876. The third-order valence-electron chi connectivity index (χ3n) is 4.69. The Morgan fingerprint density at radius 2 is 1.81 bits per heavy atom. The molecule has 0 bridgehead atoms. The molecule has 0 spiro atoms. The van der Waals surface area contributed by atoms with E-state index in [1.54, 1.807) is 7.11 Å². The minimum Gasteiger partial charge on any atom is -0.496 e. The molecule has 0 aliphatic heterocycles. The molecule has 1 fully saturated rings. The van der Waals surface area contributed by atoms with E-state index in [-0.39, 0.29) is 6.04 Å². The van der Waals surface area contributed by atoms with Crippen LogP contribution in [0.5, 0.6) is 11.5 Å². The van der Waals surface area contributed by atoms with E-state index in [1.165, 1.54) is 12.8 Å². The third kappa shape index (κ3) is 3.91. The van der Waals surface area contributed by atoms with Crippen LogP contribution in [0.4, 0.5) is 0 Å². The Morgan fingerprint density at radius 1 is 1.19 bits per heavy atom. The number of nitrogens with one attached hydrogen (secondary N) is 1. The molecule has 1 atom stereocenters. The second-order valence-electron chi connectivity index (χ2n) is 6.86. The molecule has 0 radical (unpaired) electrons. The minimum atomic E-state index is 0.205. The lowest BCUT2D eigenvalue weighted by atomic mass is 9.76. The highest BCUT2D eigenvalue weighted by molar-refractivity contribution is 5.46. The zero-order valence-corrected chi connectivity index (χ0v) is 14.0. The van der Waals surface area contributed by atoms with Crippen LogP contribution in [0.2, 0.25) is 0 Å². The number of ether oxygens (including phenoxy) is 2. The number of rotatable bonds is 5. The van der Waals surface area contributed by atoms with E-state index in [0.29, 0.717) is 11.5 Å². The maximum absolute atomic E-state index is 6.33. The number of hydrogen-bond donors (Lipinski definition) is 1. The lowest BCUT2D eigenvalue weighted by molar-refractivity contribution is 0.0972. The van der Waals surface area contributed by atoms with Crippen molar-refractivity contribution < 1.29 is 9.47 Å². The molecule has 1 N–H and O–H groups in total. The van der Waals surface area contributed by atoms with Gasteiger partial charge in [0.25, 0.3) is 0 Å². The summed E-state index contributed by atoms with van der Waals surface area (Å²) in [4.78, 5) is 0. The lowest BCUT2D eigenvalue weighted by Gasteiger charge is -2.35. The Labute approximate surface area is 129 Å². The molecule has 0 saturated heterocycles. The molecule has 0 heterocycles. The SMILES string of the molecule is CNC(C)c1c(OC)cccc1OC1CCC(C)(C)CC1. The van der Waals surface area contributed by atoms with Crippen LogP contribution in [0.25, 0.3) is 0 Å². The fraction of sp³-hybridized carbons (Fsp3) is 0.667. The van der Waals surface area contributed by atoms with Crippen LogP contribution in [0, 0.1) is 5.41 Å². The summed E-state index contributed by atoms with van der Waals surface area (Å²) in [6.07, 6.45) is 5.07. The van der Waals surface area contributed by atoms with E-state index in [9.17, 15) is 0 Å². The minimum absolute atomic E-state index is 0.205. The first-order valence-electron chi connectivity index (χ1n) is 7.97. The van der Waals surface area contributed by atoms with Gasteiger partial charge >= 0.3 is 0 Å². The van der Waals surface area contributed by atoms with E-state index >= 15 is 0 Å². The highest BCUT2D eigenvalue weighted by Crippen LogP contribution is 2.39. The summed E-state index contributed by atoms with van der Waals surface area (Å²) < 4.78 is 11.8. The normalized spacial score (nSPS) is 20.0. The van der Waals surface area contributed by atoms with Crippen molar-refractivity contribution in [3.63, 3.8) is 0 Å². The van der Waals surface area contributed by atoms with Crippen molar-refractivity contribution in [2.45, 2.75) is 58.6 Å². The van der Waals surface area contributed by atoms with E-state index in [0.717, 1.165) is 29.9 Å². The molecule has 1 aromatic carbocycles. The van der Waals surface area contributed by atoms with Crippen LogP contribution in [0.3, 0.4) is 0 Å². The van der Waals surface area contributed by atoms with E-state index in [4.69, 9.17) is 9.47 Å². The number of hydrogen-bond acceptors (Lipinski definition) is 3. The van der Waals surface area contributed by atoms with E-state index in [2.05, 4.69) is 32.2 Å². The Balaban J connectivity index is 2.16. The molecule has 0 aromatic heterocycles. The molecule has 1 aliphatic carbocycles. The van der Waals surface area contributed by atoms with Gasteiger partial charge in [-0.15, -0.1) is 0 Å². The van der Waals surface area contributed by atoms with Gasteiger partial charge in [-0.1, -0.05) is 19.9 Å². The molecule has 3 nitrogen and oxygen atoms in total. The van der Waals surface area contributed by atoms with Crippen molar-refractivity contribution in [2.24, 2.45) is 5.41 Å². The second kappa shape index (κ2) is 6.69. The molecular weight excluding hydrogens is 262 g/mol. The number of methoxy groups -OCH3 is 1. The molecule has 118 valence electrons. The second-order valence-corrected chi connectivity index (χ2v) is 6.86. The Morgan fingerprint density at radius 3 is 2.38 bits per heavy atom. The van der Waals surface area contributed by atoms with Crippen molar-refractivity contribution in [3.8, 4) is 11.5 Å². The Hall–Kier alpha value is -1.22. The fourth-order valence-corrected chi connectivity index (χ4v) is 3.05.